The molecule has 0 atom stereocenters. The van der Waals surface area contributed by atoms with Crippen molar-refractivity contribution in [2.75, 3.05) is 5.32 Å². The molecule has 0 aliphatic rings. The van der Waals surface area contributed by atoms with Gasteiger partial charge in [-0.1, -0.05) is 41.1 Å². The summed E-state index contributed by atoms with van der Waals surface area (Å²) in [7, 11) is 0. The zero-order valence-corrected chi connectivity index (χ0v) is 13.2. The van der Waals surface area contributed by atoms with E-state index in [1.807, 2.05) is 13.8 Å². The maximum absolute atomic E-state index is 12.2. The van der Waals surface area contributed by atoms with E-state index in [2.05, 4.69) is 22.4 Å². The largest absolute Gasteiger partial charge is 0.298 e. The van der Waals surface area contributed by atoms with Crippen LogP contribution in [0.5, 0.6) is 0 Å². The van der Waals surface area contributed by atoms with Crippen LogP contribution in [0.15, 0.2) is 36.4 Å². The second kappa shape index (κ2) is 5.47. The fourth-order valence-electron chi connectivity index (χ4n) is 2.23. The summed E-state index contributed by atoms with van der Waals surface area (Å²) in [6.07, 6.45) is 0. The minimum absolute atomic E-state index is 0.242. The number of carbonyl (C=O) groups excluding carboxylic acids is 1. The SMILES string of the molecule is Cc1cc(C)c2nc(NC(=O)c3ccccc3Cl)sc2c1. The standard InChI is InChI=1S/C16H13ClN2OS/c1-9-7-10(2)14-13(8-9)21-16(18-14)19-15(20)11-5-3-4-6-12(11)17/h3-8H,1-2H3,(H,18,19,20). The first-order chi connectivity index (χ1) is 10.0. The molecule has 0 unspecified atom stereocenters. The summed E-state index contributed by atoms with van der Waals surface area (Å²) in [6, 6.07) is 11.1. The molecule has 0 bridgehead atoms. The first kappa shape index (κ1) is 14.0. The number of halogens is 1. The van der Waals surface area contributed by atoms with Crippen LogP contribution in [0.25, 0.3) is 10.2 Å². The number of hydrogen-bond acceptors (Lipinski definition) is 3. The van der Waals surface area contributed by atoms with Gasteiger partial charge in [-0.3, -0.25) is 10.1 Å². The van der Waals surface area contributed by atoms with E-state index in [-0.39, 0.29) is 5.91 Å². The average molecular weight is 317 g/mol. The molecule has 3 rings (SSSR count). The lowest BCUT2D eigenvalue weighted by Crippen LogP contribution is -2.12. The molecule has 5 heteroatoms. The molecule has 0 radical (unpaired) electrons. The van der Waals surface area contributed by atoms with Crippen molar-refractivity contribution in [3.05, 3.63) is 58.1 Å². The van der Waals surface area contributed by atoms with Crippen LogP contribution >= 0.6 is 22.9 Å². The molecule has 0 aliphatic carbocycles. The quantitative estimate of drug-likeness (QED) is 0.736. The second-order valence-electron chi connectivity index (χ2n) is 4.88. The Hall–Kier alpha value is -1.91. The maximum atomic E-state index is 12.2. The third kappa shape index (κ3) is 2.77. The van der Waals surface area contributed by atoms with E-state index >= 15 is 0 Å². The number of thiazole rings is 1. The zero-order chi connectivity index (χ0) is 15.0. The van der Waals surface area contributed by atoms with Crippen molar-refractivity contribution < 1.29 is 4.79 Å². The molecule has 0 spiro atoms. The van der Waals surface area contributed by atoms with Crippen LogP contribution < -0.4 is 5.32 Å². The van der Waals surface area contributed by atoms with Gasteiger partial charge < -0.3 is 0 Å². The molecule has 3 aromatic rings. The van der Waals surface area contributed by atoms with Gasteiger partial charge in [0.2, 0.25) is 0 Å². The fourth-order valence-corrected chi connectivity index (χ4v) is 3.49. The minimum atomic E-state index is -0.242. The molecule has 21 heavy (non-hydrogen) atoms. The van der Waals surface area contributed by atoms with E-state index in [1.54, 1.807) is 24.3 Å². The average Bonchev–Trinajstić information content (AvgIpc) is 2.81. The van der Waals surface area contributed by atoms with Crippen LogP contribution in [0.4, 0.5) is 5.13 Å². The van der Waals surface area contributed by atoms with Crippen molar-refractivity contribution >= 4 is 44.2 Å². The summed E-state index contributed by atoms with van der Waals surface area (Å²) in [5, 5.41) is 3.84. The van der Waals surface area contributed by atoms with Crippen molar-refractivity contribution in [3.63, 3.8) is 0 Å². The minimum Gasteiger partial charge on any atom is -0.298 e. The summed E-state index contributed by atoms with van der Waals surface area (Å²) in [6.45, 7) is 4.07. The first-order valence-electron chi connectivity index (χ1n) is 6.48. The number of aryl methyl sites for hydroxylation is 2. The van der Waals surface area contributed by atoms with Crippen molar-refractivity contribution in [1.82, 2.24) is 4.98 Å². The van der Waals surface area contributed by atoms with Crippen LogP contribution in [0.1, 0.15) is 21.5 Å². The molecule has 0 saturated heterocycles. The van der Waals surface area contributed by atoms with Crippen molar-refractivity contribution in [2.45, 2.75) is 13.8 Å². The lowest BCUT2D eigenvalue weighted by molar-refractivity contribution is 0.102. The number of aromatic nitrogens is 1. The first-order valence-corrected chi connectivity index (χ1v) is 7.68. The number of rotatable bonds is 2. The summed E-state index contributed by atoms with van der Waals surface area (Å²) in [5.41, 5.74) is 3.68. The van der Waals surface area contributed by atoms with E-state index in [9.17, 15) is 4.79 Å². The summed E-state index contributed by atoms with van der Waals surface area (Å²) >= 11 is 7.50. The Morgan fingerprint density at radius 3 is 2.76 bits per heavy atom. The summed E-state index contributed by atoms with van der Waals surface area (Å²) < 4.78 is 1.07. The monoisotopic (exact) mass is 316 g/mol. The van der Waals surface area contributed by atoms with Gasteiger partial charge in [0.1, 0.15) is 0 Å². The lowest BCUT2D eigenvalue weighted by Gasteiger charge is -2.02. The summed E-state index contributed by atoms with van der Waals surface area (Å²) in [5.74, 6) is -0.242. The van der Waals surface area contributed by atoms with E-state index < -0.39 is 0 Å². The van der Waals surface area contributed by atoms with E-state index in [0.29, 0.717) is 15.7 Å². The molecular formula is C16H13ClN2OS. The van der Waals surface area contributed by atoms with Gasteiger partial charge in [-0.2, -0.15) is 0 Å². The molecule has 106 valence electrons. The number of amides is 1. The van der Waals surface area contributed by atoms with Gasteiger partial charge in [0.15, 0.2) is 5.13 Å². The number of anilines is 1. The Bertz CT molecular complexity index is 841. The van der Waals surface area contributed by atoms with Crippen molar-refractivity contribution in [2.24, 2.45) is 0 Å². The molecule has 1 aromatic heterocycles. The van der Waals surface area contributed by atoms with Gasteiger partial charge in [-0.15, -0.1) is 0 Å². The topological polar surface area (TPSA) is 42.0 Å². The second-order valence-corrected chi connectivity index (χ2v) is 6.32. The number of fused-ring (bicyclic) bond motifs is 1. The smallest absolute Gasteiger partial charge is 0.258 e. The van der Waals surface area contributed by atoms with E-state index in [0.717, 1.165) is 15.8 Å². The highest BCUT2D eigenvalue weighted by molar-refractivity contribution is 7.22. The van der Waals surface area contributed by atoms with Crippen LogP contribution in [-0.4, -0.2) is 10.9 Å². The number of nitrogens with one attached hydrogen (secondary N) is 1. The number of nitrogens with zero attached hydrogens (tertiary/aromatic N) is 1. The van der Waals surface area contributed by atoms with E-state index in [1.165, 1.54) is 16.9 Å². The van der Waals surface area contributed by atoms with Crippen LogP contribution in [0.3, 0.4) is 0 Å². The Labute approximate surface area is 131 Å². The van der Waals surface area contributed by atoms with E-state index in [4.69, 9.17) is 11.6 Å². The Kier molecular flexibility index (Phi) is 3.66. The van der Waals surface area contributed by atoms with Gasteiger partial charge in [0, 0.05) is 0 Å². The molecule has 0 fully saturated rings. The number of benzene rings is 2. The normalized spacial score (nSPS) is 10.8. The van der Waals surface area contributed by atoms with Crippen LogP contribution in [-0.2, 0) is 0 Å². The molecule has 0 saturated carbocycles. The van der Waals surface area contributed by atoms with Gasteiger partial charge in [0.25, 0.3) is 5.91 Å². The Balaban J connectivity index is 1.94. The van der Waals surface area contributed by atoms with Crippen molar-refractivity contribution in [1.29, 1.82) is 0 Å². The fraction of sp³-hybridized carbons (Fsp3) is 0.125. The highest BCUT2D eigenvalue weighted by atomic mass is 35.5. The van der Waals surface area contributed by atoms with Crippen molar-refractivity contribution in [3.8, 4) is 0 Å². The molecule has 1 heterocycles. The predicted octanol–water partition coefficient (Wildman–Crippen LogP) is 4.82. The lowest BCUT2D eigenvalue weighted by atomic mass is 10.1. The van der Waals surface area contributed by atoms with Gasteiger partial charge in [-0.05, 0) is 43.2 Å². The molecular weight excluding hydrogens is 304 g/mol. The molecule has 3 nitrogen and oxygen atoms in total. The van der Waals surface area contributed by atoms with Gasteiger partial charge in [-0.25, -0.2) is 4.98 Å². The molecule has 2 aromatic carbocycles. The third-order valence-electron chi connectivity index (χ3n) is 3.17. The van der Waals surface area contributed by atoms with Gasteiger partial charge >= 0.3 is 0 Å². The molecule has 1 N–H and O–H groups in total. The predicted molar refractivity (Wildman–Crippen MR) is 88.5 cm³/mol. The Morgan fingerprint density at radius 1 is 1.24 bits per heavy atom. The Morgan fingerprint density at radius 2 is 2.00 bits per heavy atom. The summed E-state index contributed by atoms with van der Waals surface area (Å²) in [4.78, 5) is 16.7. The van der Waals surface area contributed by atoms with Crippen LogP contribution in [0, 0.1) is 13.8 Å². The zero-order valence-electron chi connectivity index (χ0n) is 11.6. The number of hydrogen-bond donors (Lipinski definition) is 1. The molecule has 0 aliphatic heterocycles. The third-order valence-corrected chi connectivity index (χ3v) is 4.42. The maximum Gasteiger partial charge on any atom is 0.258 e. The highest BCUT2D eigenvalue weighted by Crippen LogP contribution is 2.29. The van der Waals surface area contributed by atoms with Crippen LogP contribution in [0.2, 0.25) is 5.02 Å². The van der Waals surface area contributed by atoms with Gasteiger partial charge in [0.05, 0.1) is 20.8 Å². The number of carbonyl (C=O) groups is 1. The molecule has 1 amide bonds. The highest BCUT2D eigenvalue weighted by Gasteiger charge is 2.13.